The number of carbonyl (C=O) groups is 1. The molecular formula is C36H66N2O13. The van der Waals surface area contributed by atoms with Crippen LogP contribution in [0.5, 0.6) is 0 Å². The highest BCUT2D eigenvalue weighted by atomic mass is 16.7. The molecule has 0 bridgehead atoms. The third kappa shape index (κ3) is 9.42. The van der Waals surface area contributed by atoms with Crippen molar-refractivity contribution in [3.8, 4) is 0 Å². The van der Waals surface area contributed by atoms with Gasteiger partial charge in [0.05, 0.1) is 53.4 Å². The number of cyclic esters (lactones) is 1. The van der Waals surface area contributed by atoms with Crippen molar-refractivity contribution >= 4 is 11.7 Å². The highest BCUT2D eigenvalue weighted by Gasteiger charge is 2.53. The van der Waals surface area contributed by atoms with E-state index in [4.69, 9.17) is 28.4 Å². The number of likely N-dealkylation sites (N-methyl/N-ethyl adjacent to an activating group) is 1. The molecule has 15 nitrogen and oxygen atoms in total. The summed E-state index contributed by atoms with van der Waals surface area (Å²) < 4.78 is 37.0. The minimum absolute atomic E-state index is 0.0674. The highest BCUT2D eigenvalue weighted by Crippen LogP contribution is 2.40. The van der Waals surface area contributed by atoms with Crippen LogP contribution in [-0.4, -0.2) is 153 Å². The molecule has 18 atom stereocenters. The summed E-state index contributed by atoms with van der Waals surface area (Å²) in [7, 11) is 5.18. The van der Waals surface area contributed by atoms with Crippen LogP contribution < -0.4 is 0 Å². The fraction of sp³-hybridized carbons (Fsp3) is 0.944. The Labute approximate surface area is 303 Å². The molecular weight excluding hydrogens is 668 g/mol. The van der Waals surface area contributed by atoms with Gasteiger partial charge >= 0.3 is 5.97 Å². The summed E-state index contributed by atoms with van der Waals surface area (Å²) in [6, 6.07) is -0.322. The molecule has 0 radical (unpaired) electrons. The zero-order valence-electron chi connectivity index (χ0n) is 32.7. The fourth-order valence-corrected chi connectivity index (χ4v) is 8.20. The monoisotopic (exact) mass is 734 g/mol. The molecule has 0 aliphatic carbocycles. The molecule has 51 heavy (non-hydrogen) atoms. The Hall–Kier alpha value is -1.50. The molecule has 0 spiro atoms. The molecule has 0 unspecified atom stereocenters. The van der Waals surface area contributed by atoms with E-state index in [0.717, 1.165) is 0 Å². The second-order valence-corrected chi connectivity index (χ2v) is 16.3. The van der Waals surface area contributed by atoms with Crippen molar-refractivity contribution in [3.05, 3.63) is 0 Å². The normalized spacial score (nSPS) is 50.5. The number of hydrogen-bond acceptors (Lipinski definition) is 15. The molecule has 3 saturated heterocycles. The maximum atomic E-state index is 14.0. The van der Waals surface area contributed by atoms with E-state index >= 15 is 0 Å². The van der Waals surface area contributed by atoms with Crippen LogP contribution in [0.25, 0.3) is 0 Å². The van der Waals surface area contributed by atoms with Crippen molar-refractivity contribution in [2.24, 2.45) is 28.8 Å². The van der Waals surface area contributed by atoms with E-state index in [9.17, 15) is 35.5 Å². The Balaban J connectivity index is 2.19. The van der Waals surface area contributed by atoms with E-state index in [-0.39, 0.29) is 30.7 Å². The van der Waals surface area contributed by atoms with Gasteiger partial charge in [-0.05, 0) is 75.4 Å². The standard InChI is InChI=1S/C36H66N2O13/c1-17-15-34(8,43)31(51-33-27(39)24(38(11)12)14-18(2)47-33)20(4)28(50-25-16-35(9,46-13)30(41)22(6)48-25)21(5)32(42)49-23(7)36(10,44)29(40)19(3)26(17)37-45/h17-25,27-31,33,39-41,43-45H,14-16H2,1-13H3/b37-26+/t17-,18-,19+,20+,21-,22+,23-,24+,25+,27-,28+,29-,30+,31-,33-,34-,35-,36-/m1/s1. The minimum Gasteiger partial charge on any atom is -0.459 e. The van der Waals surface area contributed by atoms with E-state index in [1.54, 1.807) is 48.5 Å². The van der Waals surface area contributed by atoms with Crippen molar-refractivity contribution in [1.29, 1.82) is 0 Å². The number of aliphatic hydroxyl groups is 5. The van der Waals surface area contributed by atoms with Crippen LogP contribution in [0, 0.1) is 23.7 Å². The first-order valence-electron chi connectivity index (χ1n) is 18.2. The van der Waals surface area contributed by atoms with E-state index in [1.807, 2.05) is 25.9 Å². The summed E-state index contributed by atoms with van der Waals surface area (Å²) >= 11 is 0. The van der Waals surface area contributed by atoms with E-state index in [1.165, 1.54) is 21.0 Å². The largest absolute Gasteiger partial charge is 0.459 e. The van der Waals surface area contributed by atoms with Gasteiger partial charge in [0.25, 0.3) is 0 Å². The first-order chi connectivity index (χ1) is 23.4. The van der Waals surface area contributed by atoms with Crippen molar-refractivity contribution in [3.63, 3.8) is 0 Å². The number of methoxy groups -OCH3 is 1. The highest BCUT2D eigenvalue weighted by molar-refractivity contribution is 5.88. The Kier molecular flexibility index (Phi) is 14.5. The van der Waals surface area contributed by atoms with Gasteiger partial charge in [-0.2, -0.15) is 0 Å². The Morgan fingerprint density at radius 3 is 2.04 bits per heavy atom. The van der Waals surface area contributed by atoms with Gasteiger partial charge in [-0.15, -0.1) is 0 Å². The first kappa shape index (κ1) is 43.9. The number of rotatable bonds is 6. The van der Waals surface area contributed by atoms with Gasteiger partial charge in [0, 0.05) is 37.3 Å². The van der Waals surface area contributed by atoms with Crippen LogP contribution in [0.4, 0.5) is 0 Å². The predicted octanol–water partition coefficient (Wildman–Crippen LogP) is 1.66. The summed E-state index contributed by atoms with van der Waals surface area (Å²) in [5, 5.41) is 71.3. The molecule has 0 aromatic rings. The summed E-state index contributed by atoms with van der Waals surface area (Å²) in [5.74, 6) is -4.26. The van der Waals surface area contributed by atoms with Crippen LogP contribution in [0.1, 0.15) is 88.5 Å². The van der Waals surface area contributed by atoms with E-state index in [0.29, 0.717) is 6.42 Å². The SMILES string of the molecule is CO[C@]1(C)C[C@H](O[C@H]2[C@H](C)[C@@H](O[C@H]3O[C@H](C)C[C@H](N(C)C)[C@H]3O)[C@](C)(O)C[C@@H](C)/C(=N\O)[C@H](C)[C@@H](O)[C@](C)(O)[C@@H](C)OC(=O)[C@@H]2C)O[C@@H](C)[C@@H]1O. The van der Waals surface area contributed by atoms with E-state index in [2.05, 4.69) is 5.16 Å². The third-order valence-corrected chi connectivity index (χ3v) is 11.8. The van der Waals surface area contributed by atoms with Gasteiger partial charge < -0.3 is 64.1 Å². The zero-order chi connectivity index (χ0) is 39.0. The lowest BCUT2D eigenvalue weighted by molar-refractivity contribution is -0.317. The van der Waals surface area contributed by atoms with Gasteiger partial charge in [-0.25, -0.2) is 0 Å². The molecule has 0 aromatic carbocycles. The molecule has 0 saturated carbocycles. The molecule has 3 aliphatic heterocycles. The minimum atomic E-state index is -1.98. The summed E-state index contributed by atoms with van der Waals surface area (Å²) in [5.41, 5.74) is -4.69. The fourth-order valence-electron chi connectivity index (χ4n) is 8.20. The number of carbonyl (C=O) groups excluding carboxylic acids is 1. The molecule has 6 N–H and O–H groups in total. The number of ether oxygens (including phenoxy) is 6. The van der Waals surface area contributed by atoms with E-state index < -0.39 is 102 Å². The van der Waals surface area contributed by atoms with Crippen LogP contribution in [0.2, 0.25) is 0 Å². The second-order valence-electron chi connectivity index (χ2n) is 16.3. The molecule has 0 amide bonds. The van der Waals surface area contributed by atoms with Crippen molar-refractivity contribution in [2.75, 3.05) is 21.2 Å². The van der Waals surface area contributed by atoms with Crippen LogP contribution in [0.15, 0.2) is 5.16 Å². The lowest BCUT2D eigenvalue weighted by Crippen LogP contribution is -2.61. The maximum absolute atomic E-state index is 14.0. The third-order valence-electron chi connectivity index (χ3n) is 11.8. The molecule has 298 valence electrons. The van der Waals surface area contributed by atoms with Crippen molar-refractivity contribution < 1.29 is 64.0 Å². The number of esters is 1. The maximum Gasteiger partial charge on any atom is 0.311 e. The Morgan fingerprint density at radius 1 is 0.882 bits per heavy atom. The number of aliphatic hydroxyl groups excluding tert-OH is 3. The summed E-state index contributed by atoms with van der Waals surface area (Å²) in [6.07, 6.45) is -9.71. The molecule has 15 heteroatoms. The van der Waals surface area contributed by atoms with Crippen LogP contribution in [-0.2, 0) is 33.2 Å². The first-order valence-corrected chi connectivity index (χ1v) is 18.2. The smallest absolute Gasteiger partial charge is 0.311 e. The molecule has 3 aliphatic rings. The average Bonchev–Trinajstić information content (AvgIpc) is 3.04. The van der Waals surface area contributed by atoms with Gasteiger partial charge in [0.2, 0.25) is 0 Å². The van der Waals surface area contributed by atoms with Gasteiger partial charge in [0.15, 0.2) is 12.6 Å². The topological polar surface area (TPSA) is 209 Å². The number of oxime groups is 1. The van der Waals surface area contributed by atoms with Gasteiger partial charge in [-0.3, -0.25) is 4.79 Å². The predicted molar refractivity (Wildman–Crippen MR) is 186 cm³/mol. The molecule has 3 heterocycles. The molecule has 0 aromatic heterocycles. The lowest BCUT2D eigenvalue weighted by Gasteiger charge is -2.49. The van der Waals surface area contributed by atoms with Gasteiger partial charge in [-0.1, -0.05) is 25.9 Å². The van der Waals surface area contributed by atoms with Crippen LogP contribution >= 0.6 is 0 Å². The summed E-state index contributed by atoms with van der Waals surface area (Å²) in [4.78, 5) is 15.9. The van der Waals surface area contributed by atoms with Crippen molar-refractivity contribution in [1.82, 2.24) is 4.90 Å². The Morgan fingerprint density at radius 2 is 1.49 bits per heavy atom. The number of nitrogens with zero attached hydrogens (tertiary/aromatic N) is 2. The average molecular weight is 735 g/mol. The van der Waals surface area contributed by atoms with Crippen LogP contribution in [0.3, 0.4) is 0 Å². The Bertz CT molecular complexity index is 1190. The van der Waals surface area contributed by atoms with Gasteiger partial charge in [0.1, 0.15) is 23.9 Å². The molecule has 3 fully saturated rings. The lowest BCUT2D eigenvalue weighted by atomic mass is 9.74. The van der Waals surface area contributed by atoms with Crippen molar-refractivity contribution in [2.45, 2.75) is 173 Å². The second kappa shape index (κ2) is 16.9. The molecule has 3 rings (SSSR count). The zero-order valence-corrected chi connectivity index (χ0v) is 32.7. The number of hydrogen-bond donors (Lipinski definition) is 6. The summed E-state index contributed by atoms with van der Waals surface area (Å²) in [6.45, 7) is 16.3. The quantitative estimate of drug-likeness (QED) is 0.130.